The van der Waals surface area contributed by atoms with Crippen LogP contribution in [0.1, 0.15) is 33.1 Å². The van der Waals surface area contributed by atoms with E-state index in [0.29, 0.717) is 11.8 Å². The summed E-state index contributed by atoms with van der Waals surface area (Å²) in [5.41, 5.74) is 2.06. The van der Waals surface area contributed by atoms with Crippen LogP contribution in [-0.2, 0) is 9.53 Å². The molecule has 4 heteroatoms. The topological polar surface area (TPSA) is 64.3 Å². The van der Waals surface area contributed by atoms with Crippen LogP contribution in [0.3, 0.4) is 0 Å². The van der Waals surface area contributed by atoms with Crippen LogP contribution in [0.2, 0.25) is 0 Å². The lowest BCUT2D eigenvalue weighted by molar-refractivity contribution is -0.129. The molecule has 1 aliphatic carbocycles. The molecule has 2 atom stereocenters. The fraction of sp³-hybridized carbons (Fsp3) is 0.900. The summed E-state index contributed by atoms with van der Waals surface area (Å²) < 4.78 is 5.48. The van der Waals surface area contributed by atoms with Gasteiger partial charge in [-0.15, -0.1) is 0 Å². The highest BCUT2D eigenvalue weighted by molar-refractivity contribution is 5.76. The van der Waals surface area contributed by atoms with Gasteiger partial charge in [-0.1, -0.05) is 13.8 Å². The van der Waals surface area contributed by atoms with Gasteiger partial charge in [0.05, 0.1) is 6.10 Å². The first-order chi connectivity index (χ1) is 6.61. The number of rotatable bonds is 3. The molecule has 0 heterocycles. The zero-order chi connectivity index (χ0) is 10.6. The molecule has 14 heavy (non-hydrogen) atoms. The molecular formula is C10H20N2O2. The fourth-order valence-corrected chi connectivity index (χ4v) is 2.24. The molecule has 0 spiro atoms. The molecular weight excluding hydrogens is 180 g/mol. The van der Waals surface area contributed by atoms with Crippen molar-refractivity contribution in [3.63, 3.8) is 0 Å². The van der Waals surface area contributed by atoms with Crippen LogP contribution in [0.25, 0.3) is 0 Å². The first-order valence-corrected chi connectivity index (χ1v) is 5.22. The number of hydrogen-bond acceptors (Lipinski definition) is 3. The van der Waals surface area contributed by atoms with E-state index in [4.69, 9.17) is 10.6 Å². The Morgan fingerprint density at radius 3 is 2.43 bits per heavy atom. The first-order valence-electron chi connectivity index (χ1n) is 5.22. The third-order valence-corrected chi connectivity index (χ3v) is 2.75. The van der Waals surface area contributed by atoms with E-state index in [9.17, 15) is 4.79 Å². The number of nitrogens with one attached hydrogen (secondary N) is 1. The summed E-state index contributed by atoms with van der Waals surface area (Å²) >= 11 is 0. The zero-order valence-electron chi connectivity index (χ0n) is 8.95. The van der Waals surface area contributed by atoms with E-state index in [0.717, 1.165) is 12.8 Å². The number of nitrogens with two attached hydrogens (primary N) is 1. The summed E-state index contributed by atoms with van der Waals surface area (Å²) in [6.07, 6.45) is 3.61. The van der Waals surface area contributed by atoms with Crippen molar-refractivity contribution in [1.82, 2.24) is 5.43 Å². The van der Waals surface area contributed by atoms with Gasteiger partial charge in [-0.25, -0.2) is 5.84 Å². The van der Waals surface area contributed by atoms with Crippen LogP contribution in [0.15, 0.2) is 0 Å². The van der Waals surface area contributed by atoms with E-state index in [1.165, 1.54) is 6.42 Å². The highest BCUT2D eigenvalue weighted by Crippen LogP contribution is 2.30. The van der Waals surface area contributed by atoms with E-state index < -0.39 is 0 Å². The molecule has 1 aliphatic rings. The van der Waals surface area contributed by atoms with Crippen molar-refractivity contribution in [2.24, 2.45) is 17.7 Å². The van der Waals surface area contributed by atoms with Gasteiger partial charge in [-0.05, 0) is 31.1 Å². The Kier molecular flexibility index (Phi) is 4.35. The second-order valence-corrected chi connectivity index (χ2v) is 4.42. The largest absolute Gasteiger partial charge is 0.368 e. The molecule has 82 valence electrons. The molecule has 3 N–H and O–H groups in total. The molecule has 0 aromatic carbocycles. The Bertz CT molecular complexity index is 187. The molecule has 1 rings (SSSR count). The van der Waals surface area contributed by atoms with E-state index in [1.807, 2.05) is 0 Å². The molecule has 0 aromatic heterocycles. The van der Waals surface area contributed by atoms with Crippen molar-refractivity contribution in [2.75, 3.05) is 6.61 Å². The Hall–Kier alpha value is -0.610. The van der Waals surface area contributed by atoms with Crippen molar-refractivity contribution < 1.29 is 9.53 Å². The van der Waals surface area contributed by atoms with Crippen molar-refractivity contribution in [2.45, 2.75) is 39.2 Å². The summed E-state index contributed by atoms with van der Waals surface area (Å²) in [5, 5.41) is 0. The number of hydrazine groups is 1. The zero-order valence-corrected chi connectivity index (χ0v) is 8.95. The summed E-state index contributed by atoms with van der Waals surface area (Å²) in [6, 6.07) is 0. The van der Waals surface area contributed by atoms with Gasteiger partial charge in [-0.3, -0.25) is 10.2 Å². The first kappa shape index (κ1) is 11.5. The number of hydrogen-bond donors (Lipinski definition) is 2. The molecule has 0 bridgehead atoms. The maximum absolute atomic E-state index is 10.9. The molecule has 1 amide bonds. The molecule has 0 saturated heterocycles. The fourth-order valence-electron chi connectivity index (χ4n) is 2.24. The minimum absolute atomic E-state index is 0.0839. The number of amides is 1. The summed E-state index contributed by atoms with van der Waals surface area (Å²) in [4.78, 5) is 10.9. The average molecular weight is 200 g/mol. The molecule has 1 saturated carbocycles. The van der Waals surface area contributed by atoms with Gasteiger partial charge >= 0.3 is 0 Å². The molecule has 4 nitrogen and oxygen atoms in total. The second kappa shape index (κ2) is 5.32. The van der Waals surface area contributed by atoms with Gasteiger partial charge in [0, 0.05) is 0 Å². The van der Waals surface area contributed by atoms with Gasteiger partial charge in [0.15, 0.2) is 0 Å². The normalized spacial score (nSPS) is 32.6. The van der Waals surface area contributed by atoms with Crippen molar-refractivity contribution in [1.29, 1.82) is 0 Å². The molecule has 1 fully saturated rings. The molecule has 2 unspecified atom stereocenters. The van der Waals surface area contributed by atoms with Crippen LogP contribution in [0.4, 0.5) is 0 Å². The SMILES string of the molecule is CC1CC(C)CC(OCC(=O)NN)C1. The molecule has 0 radical (unpaired) electrons. The Morgan fingerprint density at radius 1 is 1.36 bits per heavy atom. The van der Waals surface area contributed by atoms with Crippen molar-refractivity contribution in [3.8, 4) is 0 Å². The van der Waals surface area contributed by atoms with Gasteiger partial charge in [0.1, 0.15) is 6.61 Å². The number of carbonyl (C=O) groups excluding carboxylic acids is 1. The quantitative estimate of drug-likeness (QED) is 0.403. The predicted octanol–water partition coefficient (Wildman–Crippen LogP) is 0.818. The smallest absolute Gasteiger partial charge is 0.259 e. The van der Waals surface area contributed by atoms with Crippen molar-refractivity contribution >= 4 is 5.91 Å². The standard InChI is InChI=1S/C10H20N2O2/c1-7-3-8(2)5-9(4-7)14-6-10(13)12-11/h7-9H,3-6,11H2,1-2H3,(H,12,13). The minimum atomic E-state index is -0.254. The van der Waals surface area contributed by atoms with E-state index in [1.54, 1.807) is 0 Å². The van der Waals surface area contributed by atoms with Crippen molar-refractivity contribution in [3.05, 3.63) is 0 Å². The predicted molar refractivity (Wildman–Crippen MR) is 54.2 cm³/mol. The third-order valence-electron chi connectivity index (χ3n) is 2.75. The van der Waals surface area contributed by atoms with Gasteiger partial charge in [-0.2, -0.15) is 0 Å². The maximum atomic E-state index is 10.9. The molecule has 0 aromatic rings. The van der Waals surface area contributed by atoms with Gasteiger partial charge in [0.25, 0.3) is 5.91 Å². The third kappa shape index (κ3) is 3.64. The summed E-state index contributed by atoms with van der Waals surface area (Å²) in [7, 11) is 0. The Morgan fingerprint density at radius 2 is 1.93 bits per heavy atom. The van der Waals surface area contributed by atoms with E-state index in [2.05, 4.69) is 19.3 Å². The lowest BCUT2D eigenvalue weighted by atomic mass is 9.82. The van der Waals surface area contributed by atoms with E-state index >= 15 is 0 Å². The van der Waals surface area contributed by atoms with Gasteiger partial charge in [0.2, 0.25) is 0 Å². The Labute approximate surface area is 85.2 Å². The highest BCUT2D eigenvalue weighted by Gasteiger charge is 2.24. The lowest BCUT2D eigenvalue weighted by Gasteiger charge is -2.31. The number of carbonyl (C=O) groups is 1. The summed E-state index contributed by atoms with van der Waals surface area (Å²) in [6.45, 7) is 4.55. The Balaban J connectivity index is 2.26. The summed E-state index contributed by atoms with van der Waals surface area (Å²) in [5.74, 6) is 6.11. The van der Waals surface area contributed by atoms with Crippen LogP contribution < -0.4 is 11.3 Å². The second-order valence-electron chi connectivity index (χ2n) is 4.42. The maximum Gasteiger partial charge on any atom is 0.259 e. The average Bonchev–Trinajstić information content (AvgIpc) is 2.12. The lowest BCUT2D eigenvalue weighted by Crippen LogP contribution is -2.36. The van der Waals surface area contributed by atoms with Crippen LogP contribution in [-0.4, -0.2) is 18.6 Å². The van der Waals surface area contributed by atoms with Crippen LogP contribution >= 0.6 is 0 Å². The van der Waals surface area contributed by atoms with Crippen LogP contribution in [0.5, 0.6) is 0 Å². The minimum Gasteiger partial charge on any atom is -0.368 e. The van der Waals surface area contributed by atoms with Gasteiger partial charge < -0.3 is 4.74 Å². The molecule has 0 aliphatic heterocycles. The number of ether oxygens (including phenoxy) is 1. The monoisotopic (exact) mass is 200 g/mol. The van der Waals surface area contributed by atoms with E-state index in [-0.39, 0.29) is 18.6 Å². The highest BCUT2D eigenvalue weighted by atomic mass is 16.5. The van der Waals surface area contributed by atoms with Crippen LogP contribution in [0, 0.1) is 11.8 Å².